The third kappa shape index (κ3) is 6.42. The second-order valence-electron chi connectivity index (χ2n) is 4.78. The average molecular weight is 305 g/mol. The lowest BCUT2D eigenvalue weighted by atomic mass is 10.3. The van der Waals surface area contributed by atoms with Crippen molar-refractivity contribution in [2.24, 2.45) is 0 Å². The van der Waals surface area contributed by atoms with E-state index >= 15 is 0 Å². The molecule has 0 unspecified atom stereocenters. The summed E-state index contributed by atoms with van der Waals surface area (Å²) in [5.41, 5.74) is 0. The van der Waals surface area contributed by atoms with Gasteiger partial charge >= 0.3 is 0 Å². The van der Waals surface area contributed by atoms with Gasteiger partial charge in [-0.1, -0.05) is 19.0 Å². The number of aromatic nitrogens is 2. The van der Waals surface area contributed by atoms with Crippen molar-refractivity contribution in [3.05, 3.63) is 12.2 Å². The Hall–Kier alpha value is -1.03. The van der Waals surface area contributed by atoms with Crippen LogP contribution in [0.3, 0.4) is 0 Å². The van der Waals surface area contributed by atoms with Crippen molar-refractivity contribution in [1.29, 1.82) is 0 Å². The fourth-order valence-electron chi connectivity index (χ4n) is 1.52. The standard InChI is InChI=1S/C11H23N5O3S/c1-10(2)12-6-4-8-16(3)20(17,18)14-7-5-11-13-9-19-15-11/h9-10,12,14H,4-8H2,1-3H3. The Morgan fingerprint density at radius 3 is 2.75 bits per heavy atom. The van der Waals surface area contributed by atoms with E-state index in [9.17, 15) is 8.42 Å². The predicted octanol–water partition coefficient (Wildman–Crippen LogP) is -0.234. The van der Waals surface area contributed by atoms with Gasteiger partial charge in [0.05, 0.1) is 0 Å². The van der Waals surface area contributed by atoms with Crippen LogP contribution in [-0.2, 0) is 16.6 Å². The van der Waals surface area contributed by atoms with E-state index in [1.165, 1.54) is 10.7 Å². The molecular weight excluding hydrogens is 282 g/mol. The van der Waals surface area contributed by atoms with Gasteiger partial charge in [0, 0.05) is 32.6 Å². The van der Waals surface area contributed by atoms with Crippen LogP contribution in [0.4, 0.5) is 0 Å². The molecule has 0 fully saturated rings. The highest BCUT2D eigenvalue weighted by atomic mass is 32.2. The number of nitrogens with zero attached hydrogens (tertiary/aromatic N) is 3. The van der Waals surface area contributed by atoms with Crippen LogP contribution in [0, 0.1) is 0 Å². The van der Waals surface area contributed by atoms with Gasteiger partial charge in [0.25, 0.3) is 10.2 Å². The van der Waals surface area contributed by atoms with Gasteiger partial charge in [-0.05, 0) is 13.0 Å². The summed E-state index contributed by atoms with van der Waals surface area (Å²) in [5.74, 6) is 0.483. The summed E-state index contributed by atoms with van der Waals surface area (Å²) in [6.45, 7) is 5.62. The lowest BCUT2D eigenvalue weighted by Gasteiger charge is -2.18. The molecule has 0 saturated carbocycles. The van der Waals surface area contributed by atoms with E-state index in [0.717, 1.165) is 13.0 Å². The predicted molar refractivity (Wildman–Crippen MR) is 75.3 cm³/mol. The fraction of sp³-hybridized carbons (Fsp3) is 0.818. The molecule has 8 nitrogen and oxygen atoms in total. The lowest BCUT2D eigenvalue weighted by Crippen LogP contribution is -2.40. The van der Waals surface area contributed by atoms with Crippen molar-refractivity contribution < 1.29 is 12.9 Å². The van der Waals surface area contributed by atoms with Crippen LogP contribution in [0.1, 0.15) is 26.1 Å². The van der Waals surface area contributed by atoms with E-state index in [4.69, 9.17) is 0 Å². The second kappa shape index (κ2) is 8.30. The van der Waals surface area contributed by atoms with Crippen LogP contribution in [-0.4, -0.2) is 55.6 Å². The minimum Gasteiger partial charge on any atom is -0.343 e. The maximum Gasteiger partial charge on any atom is 0.279 e. The van der Waals surface area contributed by atoms with Gasteiger partial charge in [-0.15, -0.1) is 0 Å². The first kappa shape index (κ1) is 17.0. The molecule has 0 bridgehead atoms. The van der Waals surface area contributed by atoms with Crippen molar-refractivity contribution in [3.63, 3.8) is 0 Å². The normalized spacial score (nSPS) is 12.4. The van der Waals surface area contributed by atoms with Crippen LogP contribution < -0.4 is 10.0 Å². The lowest BCUT2D eigenvalue weighted by molar-refractivity contribution is 0.409. The highest BCUT2D eigenvalue weighted by Gasteiger charge is 2.16. The molecule has 9 heteroatoms. The Labute approximate surface area is 120 Å². The van der Waals surface area contributed by atoms with Gasteiger partial charge in [0.1, 0.15) is 0 Å². The van der Waals surface area contributed by atoms with Gasteiger partial charge in [0.2, 0.25) is 6.39 Å². The summed E-state index contributed by atoms with van der Waals surface area (Å²) in [5, 5.41) is 6.86. The molecule has 20 heavy (non-hydrogen) atoms. The van der Waals surface area contributed by atoms with Crippen molar-refractivity contribution in [2.45, 2.75) is 32.7 Å². The fourth-order valence-corrected chi connectivity index (χ4v) is 2.47. The van der Waals surface area contributed by atoms with E-state index in [0.29, 0.717) is 24.8 Å². The number of hydrogen-bond acceptors (Lipinski definition) is 6. The van der Waals surface area contributed by atoms with Crippen molar-refractivity contribution in [1.82, 2.24) is 24.5 Å². The van der Waals surface area contributed by atoms with E-state index in [1.807, 2.05) is 0 Å². The topological polar surface area (TPSA) is 100 Å². The molecule has 0 aliphatic carbocycles. The maximum atomic E-state index is 11.9. The summed E-state index contributed by atoms with van der Waals surface area (Å²) < 4.78 is 32.2. The molecule has 0 aromatic carbocycles. The second-order valence-corrected chi connectivity index (χ2v) is 6.64. The number of hydrogen-bond donors (Lipinski definition) is 2. The molecular formula is C11H23N5O3S. The Kier molecular flexibility index (Phi) is 7.06. The minimum atomic E-state index is -3.44. The Bertz CT molecular complexity index is 460. The van der Waals surface area contributed by atoms with E-state index in [-0.39, 0.29) is 6.54 Å². The first-order valence-electron chi connectivity index (χ1n) is 6.61. The Balaban J connectivity index is 2.24. The van der Waals surface area contributed by atoms with Crippen LogP contribution in [0.5, 0.6) is 0 Å². The average Bonchev–Trinajstić information content (AvgIpc) is 2.87. The van der Waals surface area contributed by atoms with Crippen LogP contribution in [0.25, 0.3) is 0 Å². The number of nitrogens with one attached hydrogen (secondary N) is 2. The quantitative estimate of drug-likeness (QED) is 0.579. The molecule has 0 saturated heterocycles. The van der Waals surface area contributed by atoms with Crippen LogP contribution >= 0.6 is 0 Å². The van der Waals surface area contributed by atoms with Gasteiger partial charge in [-0.3, -0.25) is 0 Å². The molecule has 1 aromatic heterocycles. The van der Waals surface area contributed by atoms with E-state index in [2.05, 4.69) is 38.6 Å². The van der Waals surface area contributed by atoms with Crippen LogP contribution in [0.15, 0.2) is 10.9 Å². The van der Waals surface area contributed by atoms with Crippen molar-refractivity contribution in [2.75, 3.05) is 26.7 Å². The highest BCUT2D eigenvalue weighted by Crippen LogP contribution is 1.97. The smallest absolute Gasteiger partial charge is 0.279 e. The summed E-state index contributed by atoms with van der Waals surface area (Å²) in [6.07, 6.45) is 2.39. The van der Waals surface area contributed by atoms with Crippen molar-refractivity contribution >= 4 is 10.2 Å². The van der Waals surface area contributed by atoms with Gasteiger partial charge in [-0.25, -0.2) is 4.72 Å². The highest BCUT2D eigenvalue weighted by molar-refractivity contribution is 7.87. The monoisotopic (exact) mass is 305 g/mol. The first-order chi connectivity index (χ1) is 9.42. The van der Waals surface area contributed by atoms with E-state index < -0.39 is 10.2 Å². The van der Waals surface area contributed by atoms with E-state index in [1.54, 1.807) is 7.05 Å². The third-order valence-corrected chi connectivity index (χ3v) is 4.22. The molecule has 0 aliphatic rings. The zero-order chi connectivity index (χ0) is 15.0. The minimum absolute atomic E-state index is 0.246. The molecule has 1 rings (SSSR count). The maximum absolute atomic E-state index is 11.9. The van der Waals surface area contributed by atoms with Crippen molar-refractivity contribution in [3.8, 4) is 0 Å². The van der Waals surface area contributed by atoms with Gasteiger partial charge in [0.15, 0.2) is 5.82 Å². The molecule has 0 aliphatic heterocycles. The summed E-state index contributed by atoms with van der Waals surface area (Å²) in [7, 11) is -1.88. The molecule has 116 valence electrons. The largest absolute Gasteiger partial charge is 0.343 e. The van der Waals surface area contributed by atoms with Gasteiger partial charge < -0.3 is 9.84 Å². The Morgan fingerprint density at radius 2 is 2.15 bits per heavy atom. The molecule has 2 N–H and O–H groups in total. The third-order valence-electron chi connectivity index (χ3n) is 2.65. The number of rotatable bonds is 10. The van der Waals surface area contributed by atoms with Crippen LogP contribution in [0.2, 0.25) is 0 Å². The molecule has 0 radical (unpaired) electrons. The summed E-state index contributed by atoms with van der Waals surface area (Å²) in [6, 6.07) is 0.407. The molecule has 1 heterocycles. The molecule has 0 atom stereocenters. The summed E-state index contributed by atoms with van der Waals surface area (Å²) >= 11 is 0. The molecule has 0 amide bonds. The SMILES string of the molecule is CC(C)NCCCN(C)S(=O)(=O)NCCc1ncon1. The zero-order valence-corrected chi connectivity index (χ0v) is 13.0. The summed E-state index contributed by atoms with van der Waals surface area (Å²) in [4.78, 5) is 3.82. The Morgan fingerprint density at radius 1 is 1.40 bits per heavy atom. The zero-order valence-electron chi connectivity index (χ0n) is 12.2. The first-order valence-corrected chi connectivity index (χ1v) is 8.05. The molecule has 1 aromatic rings. The molecule has 0 spiro atoms. The van der Waals surface area contributed by atoms with Gasteiger partial charge in [-0.2, -0.15) is 17.7 Å².